The van der Waals surface area contributed by atoms with Gasteiger partial charge in [0.2, 0.25) is 0 Å². The van der Waals surface area contributed by atoms with Crippen molar-refractivity contribution in [2.45, 2.75) is 19.4 Å². The van der Waals surface area contributed by atoms with E-state index in [4.69, 9.17) is 4.74 Å². The lowest BCUT2D eigenvalue weighted by Gasteiger charge is -2.12. The van der Waals surface area contributed by atoms with Crippen molar-refractivity contribution in [2.24, 2.45) is 0 Å². The Morgan fingerprint density at radius 3 is 2.89 bits per heavy atom. The molecule has 0 aliphatic carbocycles. The third kappa shape index (κ3) is 6.51. The summed E-state index contributed by atoms with van der Waals surface area (Å²) in [5.74, 6) is 0. The van der Waals surface area contributed by atoms with Crippen LogP contribution in [0.2, 0.25) is 0 Å². The summed E-state index contributed by atoms with van der Waals surface area (Å²) in [6, 6.07) is 0. The molecular weight excluding hydrogens is 308 g/mol. The van der Waals surface area contributed by atoms with Gasteiger partial charge >= 0.3 is 0 Å². The third-order valence-corrected chi connectivity index (χ3v) is 3.57. The first-order valence-electron chi connectivity index (χ1n) is 6.69. The highest BCUT2D eigenvalue weighted by Gasteiger charge is 2.08. The van der Waals surface area contributed by atoms with E-state index in [9.17, 15) is 0 Å². The molecule has 0 saturated carbocycles. The van der Waals surface area contributed by atoms with Crippen molar-refractivity contribution in [3.63, 3.8) is 0 Å². The van der Waals surface area contributed by atoms with E-state index >= 15 is 0 Å². The molecule has 0 atom stereocenters. The highest BCUT2D eigenvalue weighted by Crippen LogP contribution is 2.17. The van der Waals surface area contributed by atoms with Crippen LogP contribution in [0.3, 0.4) is 0 Å². The van der Waals surface area contributed by atoms with Crippen molar-refractivity contribution in [3.8, 4) is 0 Å². The van der Waals surface area contributed by atoms with Crippen molar-refractivity contribution in [3.05, 3.63) is 16.4 Å². The van der Waals surface area contributed by atoms with E-state index in [1.54, 1.807) is 7.11 Å². The zero-order valence-corrected chi connectivity index (χ0v) is 13.7. The Kier molecular flexibility index (Phi) is 8.29. The molecule has 1 aromatic rings. The van der Waals surface area contributed by atoms with Gasteiger partial charge in [-0.2, -0.15) is 5.10 Å². The number of hydrogen-bond donors (Lipinski definition) is 1. The second-order valence-electron chi connectivity index (χ2n) is 4.81. The number of nitrogens with one attached hydrogen (secondary N) is 1. The molecule has 6 heteroatoms. The summed E-state index contributed by atoms with van der Waals surface area (Å²) in [7, 11) is 5.89. The smallest absolute Gasteiger partial charge is 0.0635 e. The van der Waals surface area contributed by atoms with Gasteiger partial charge in [0.25, 0.3) is 0 Å². The second-order valence-corrected chi connectivity index (χ2v) is 5.67. The molecule has 0 saturated heterocycles. The number of likely N-dealkylation sites (N-methyl/N-ethyl adjacent to an activating group) is 1. The predicted molar refractivity (Wildman–Crippen MR) is 81.5 cm³/mol. The summed E-state index contributed by atoms with van der Waals surface area (Å²) >= 11 is 3.58. The van der Waals surface area contributed by atoms with Crippen LogP contribution < -0.4 is 5.32 Å². The first-order valence-corrected chi connectivity index (χ1v) is 7.49. The van der Waals surface area contributed by atoms with Gasteiger partial charge in [0.15, 0.2) is 0 Å². The summed E-state index contributed by atoms with van der Waals surface area (Å²) in [4.78, 5) is 2.17. The Bertz CT molecular complexity index is 354. The van der Waals surface area contributed by atoms with Gasteiger partial charge in [-0.3, -0.25) is 4.68 Å². The van der Waals surface area contributed by atoms with Crippen molar-refractivity contribution < 1.29 is 4.74 Å². The van der Waals surface area contributed by atoms with Gasteiger partial charge in [-0.15, -0.1) is 0 Å². The minimum Gasteiger partial charge on any atom is -0.383 e. The lowest BCUT2D eigenvalue weighted by atomic mass is 10.2. The van der Waals surface area contributed by atoms with Crippen LogP contribution in [0.15, 0.2) is 10.7 Å². The largest absolute Gasteiger partial charge is 0.383 e. The summed E-state index contributed by atoms with van der Waals surface area (Å²) < 4.78 is 8.21. The standard InChI is InChI=1S/C13H25BrN4O/c1-17(2)8-9-18-13(12(14)11-16-18)5-4-6-15-7-10-19-3/h11,15H,4-10H2,1-3H3. The highest BCUT2D eigenvalue weighted by molar-refractivity contribution is 9.10. The number of aromatic nitrogens is 2. The van der Waals surface area contributed by atoms with Crippen LogP contribution in [-0.2, 0) is 17.7 Å². The van der Waals surface area contributed by atoms with Crippen molar-refractivity contribution in [1.82, 2.24) is 20.0 Å². The number of methoxy groups -OCH3 is 1. The topological polar surface area (TPSA) is 42.3 Å². The fourth-order valence-electron chi connectivity index (χ4n) is 1.80. The normalized spacial score (nSPS) is 11.4. The molecule has 1 N–H and O–H groups in total. The Labute approximate surface area is 124 Å². The van der Waals surface area contributed by atoms with E-state index in [0.29, 0.717) is 0 Å². The average Bonchev–Trinajstić information content (AvgIpc) is 2.72. The summed E-state index contributed by atoms with van der Waals surface area (Å²) in [6.07, 6.45) is 4.04. The summed E-state index contributed by atoms with van der Waals surface area (Å²) in [5.41, 5.74) is 1.29. The SMILES string of the molecule is COCCNCCCc1c(Br)cnn1CCN(C)C. The summed E-state index contributed by atoms with van der Waals surface area (Å²) in [6.45, 7) is 4.63. The molecule has 0 aliphatic rings. The molecule has 0 amide bonds. The third-order valence-electron chi connectivity index (χ3n) is 2.91. The van der Waals surface area contributed by atoms with Crippen LogP contribution in [0.25, 0.3) is 0 Å². The van der Waals surface area contributed by atoms with E-state index in [1.165, 1.54) is 5.69 Å². The van der Waals surface area contributed by atoms with Crippen LogP contribution in [0.4, 0.5) is 0 Å². The molecule has 0 bridgehead atoms. The van der Waals surface area contributed by atoms with E-state index in [-0.39, 0.29) is 0 Å². The maximum absolute atomic E-state index is 5.00. The number of halogens is 1. The number of hydrogen-bond acceptors (Lipinski definition) is 4. The van der Waals surface area contributed by atoms with Crippen LogP contribution in [0.1, 0.15) is 12.1 Å². The molecule has 1 rings (SSSR count). The van der Waals surface area contributed by atoms with E-state index in [1.807, 2.05) is 6.20 Å². The molecule has 5 nitrogen and oxygen atoms in total. The van der Waals surface area contributed by atoms with E-state index in [0.717, 1.165) is 50.1 Å². The fraction of sp³-hybridized carbons (Fsp3) is 0.769. The molecule has 110 valence electrons. The fourth-order valence-corrected chi connectivity index (χ4v) is 2.30. The highest BCUT2D eigenvalue weighted by atomic mass is 79.9. The first kappa shape index (κ1) is 16.6. The second kappa shape index (κ2) is 9.47. The van der Waals surface area contributed by atoms with Gasteiger partial charge in [-0.25, -0.2) is 0 Å². The lowest BCUT2D eigenvalue weighted by molar-refractivity contribution is 0.199. The van der Waals surface area contributed by atoms with Gasteiger partial charge < -0.3 is 15.0 Å². The first-order chi connectivity index (χ1) is 9.15. The van der Waals surface area contributed by atoms with Crippen molar-refractivity contribution >= 4 is 15.9 Å². The van der Waals surface area contributed by atoms with Crippen LogP contribution in [0, 0.1) is 0 Å². The van der Waals surface area contributed by atoms with Gasteiger partial charge in [-0.1, -0.05) is 0 Å². The Morgan fingerprint density at radius 2 is 2.21 bits per heavy atom. The molecule has 1 heterocycles. The maximum atomic E-state index is 5.00. The molecule has 0 spiro atoms. The van der Waals surface area contributed by atoms with Crippen molar-refractivity contribution in [2.75, 3.05) is 47.4 Å². The van der Waals surface area contributed by atoms with E-state index in [2.05, 4.69) is 50.0 Å². The molecule has 0 fully saturated rings. The molecular formula is C13H25BrN4O. The van der Waals surface area contributed by atoms with Crippen LogP contribution in [0.5, 0.6) is 0 Å². The van der Waals surface area contributed by atoms with Crippen LogP contribution in [-0.4, -0.2) is 62.1 Å². The van der Waals surface area contributed by atoms with Crippen LogP contribution >= 0.6 is 15.9 Å². The van der Waals surface area contributed by atoms with Gasteiger partial charge in [0, 0.05) is 20.2 Å². The van der Waals surface area contributed by atoms with Gasteiger partial charge in [0.05, 0.1) is 29.5 Å². The number of rotatable bonds is 10. The number of ether oxygens (including phenoxy) is 1. The predicted octanol–water partition coefficient (Wildman–Crippen LogP) is 1.38. The molecule has 0 radical (unpaired) electrons. The zero-order valence-electron chi connectivity index (χ0n) is 12.2. The minimum absolute atomic E-state index is 0.768. The lowest BCUT2D eigenvalue weighted by Crippen LogP contribution is -2.22. The Balaban J connectivity index is 2.33. The van der Waals surface area contributed by atoms with Gasteiger partial charge in [0.1, 0.15) is 0 Å². The Morgan fingerprint density at radius 1 is 1.42 bits per heavy atom. The minimum atomic E-state index is 0.768. The molecule has 0 unspecified atom stereocenters. The average molecular weight is 333 g/mol. The molecule has 1 aromatic heterocycles. The molecule has 0 aliphatic heterocycles. The maximum Gasteiger partial charge on any atom is 0.0635 e. The zero-order chi connectivity index (χ0) is 14.1. The van der Waals surface area contributed by atoms with E-state index < -0.39 is 0 Å². The summed E-state index contributed by atoms with van der Waals surface area (Å²) in [5, 5.41) is 7.78. The molecule has 19 heavy (non-hydrogen) atoms. The Hall–Kier alpha value is -0.430. The van der Waals surface area contributed by atoms with Gasteiger partial charge in [-0.05, 0) is 49.4 Å². The number of nitrogens with zero attached hydrogens (tertiary/aromatic N) is 3. The monoisotopic (exact) mass is 332 g/mol. The molecule has 0 aromatic carbocycles. The van der Waals surface area contributed by atoms with Crippen molar-refractivity contribution in [1.29, 1.82) is 0 Å². The quantitative estimate of drug-likeness (QED) is 0.657.